The lowest BCUT2D eigenvalue weighted by Gasteiger charge is -2.12. The smallest absolute Gasteiger partial charge is 0.293 e. The van der Waals surface area contributed by atoms with Crippen LogP contribution in [0.4, 0.5) is 4.79 Å². The van der Waals surface area contributed by atoms with E-state index in [9.17, 15) is 14.4 Å². The lowest BCUT2D eigenvalue weighted by molar-refractivity contribution is -0.122. The number of hydrogen-bond donors (Lipinski definition) is 1. The van der Waals surface area contributed by atoms with E-state index in [1.165, 1.54) is 13.2 Å². The van der Waals surface area contributed by atoms with E-state index in [1.807, 2.05) is 6.92 Å². The Hall–Kier alpha value is -2.72. The molecule has 10 heteroatoms. The largest absolute Gasteiger partial charge is 0.493 e. The molecule has 1 fully saturated rings. The first kappa shape index (κ1) is 22.0. The zero-order chi connectivity index (χ0) is 21.7. The van der Waals surface area contributed by atoms with Crippen LogP contribution in [-0.4, -0.2) is 48.8 Å². The SMILES string of the molecule is CCOc1ccc(/C=C2\SC(=O)N(CCNC(=O)c3ccc(Br)o3)C2=O)cc1OC. The van der Waals surface area contributed by atoms with E-state index in [2.05, 4.69) is 21.2 Å². The molecule has 8 nitrogen and oxygen atoms in total. The van der Waals surface area contributed by atoms with Gasteiger partial charge >= 0.3 is 0 Å². The van der Waals surface area contributed by atoms with Crippen molar-refractivity contribution < 1.29 is 28.3 Å². The summed E-state index contributed by atoms with van der Waals surface area (Å²) in [6.45, 7) is 2.54. The number of thioether (sulfide) groups is 1. The van der Waals surface area contributed by atoms with E-state index in [0.717, 1.165) is 16.7 Å². The van der Waals surface area contributed by atoms with Gasteiger partial charge in [0.25, 0.3) is 17.1 Å². The maximum atomic E-state index is 12.6. The van der Waals surface area contributed by atoms with Crippen molar-refractivity contribution in [1.29, 1.82) is 0 Å². The molecule has 0 radical (unpaired) electrons. The van der Waals surface area contributed by atoms with Crippen molar-refractivity contribution in [2.75, 3.05) is 26.8 Å². The summed E-state index contributed by atoms with van der Waals surface area (Å²) in [4.78, 5) is 38.2. The number of nitrogens with one attached hydrogen (secondary N) is 1. The highest BCUT2D eigenvalue weighted by Crippen LogP contribution is 2.34. The Kier molecular flexibility index (Phi) is 7.22. The minimum absolute atomic E-state index is 0.0578. The maximum absolute atomic E-state index is 12.6. The molecule has 1 aliphatic heterocycles. The predicted molar refractivity (Wildman–Crippen MR) is 116 cm³/mol. The number of halogens is 1. The van der Waals surface area contributed by atoms with Gasteiger partial charge in [-0.05, 0) is 70.5 Å². The molecule has 0 atom stereocenters. The molecule has 0 aliphatic carbocycles. The van der Waals surface area contributed by atoms with Gasteiger partial charge < -0.3 is 19.2 Å². The first-order valence-electron chi connectivity index (χ1n) is 9.02. The molecule has 1 aromatic heterocycles. The lowest BCUT2D eigenvalue weighted by atomic mass is 10.2. The van der Waals surface area contributed by atoms with Crippen LogP contribution in [0, 0.1) is 0 Å². The van der Waals surface area contributed by atoms with Crippen molar-refractivity contribution in [2.45, 2.75) is 6.92 Å². The third kappa shape index (κ3) is 5.06. The van der Waals surface area contributed by atoms with Crippen LogP contribution in [0.25, 0.3) is 6.08 Å². The normalized spacial score (nSPS) is 15.0. The van der Waals surface area contributed by atoms with E-state index >= 15 is 0 Å². The summed E-state index contributed by atoms with van der Waals surface area (Å²) >= 11 is 3.98. The van der Waals surface area contributed by atoms with E-state index in [1.54, 1.807) is 30.3 Å². The summed E-state index contributed by atoms with van der Waals surface area (Å²) in [5.41, 5.74) is 0.706. The summed E-state index contributed by atoms with van der Waals surface area (Å²) in [6, 6.07) is 8.39. The average Bonchev–Trinajstić information content (AvgIpc) is 3.27. The Labute approximate surface area is 185 Å². The van der Waals surface area contributed by atoms with Gasteiger partial charge in [-0.2, -0.15) is 0 Å². The summed E-state index contributed by atoms with van der Waals surface area (Å²) in [6.07, 6.45) is 1.63. The fourth-order valence-electron chi connectivity index (χ4n) is 2.70. The standard InChI is InChI=1S/C20H19BrN2O6S/c1-3-28-13-5-4-12(10-15(13)27-2)11-16-19(25)23(20(26)30-16)9-8-22-18(24)14-6-7-17(21)29-14/h4-7,10-11H,3,8-9H2,1-2H3,(H,22,24)/b16-11-. The molecule has 30 heavy (non-hydrogen) atoms. The molecular weight excluding hydrogens is 476 g/mol. The third-order valence-corrected chi connectivity index (χ3v) is 5.41. The molecule has 1 saturated heterocycles. The zero-order valence-corrected chi connectivity index (χ0v) is 18.7. The molecule has 158 valence electrons. The second kappa shape index (κ2) is 9.86. The fraction of sp³-hybridized carbons (Fsp3) is 0.250. The van der Waals surface area contributed by atoms with Crippen LogP contribution in [0.2, 0.25) is 0 Å². The molecule has 0 spiro atoms. The second-order valence-corrected chi connectivity index (χ2v) is 7.81. The van der Waals surface area contributed by atoms with Gasteiger partial charge in [0.1, 0.15) is 0 Å². The molecule has 1 N–H and O–H groups in total. The Bertz CT molecular complexity index is 1000. The van der Waals surface area contributed by atoms with Crippen LogP contribution >= 0.6 is 27.7 Å². The van der Waals surface area contributed by atoms with Gasteiger partial charge in [0.2, 0.25) is 0 Å². The molecule has 3 rings (SSSR count). The van der Waals surface area contributed by atoms with Crippen molar-refractivity contribution in [3.63, 3.8) is 0 Å². The molecule has 0 unspecified atom stereocenters. The first-order chi connectivity index (χ1) is 14.4. The van der Waals surface area contributed by atoms with Crippen molar-refractivity contribution in [2.24, 2.45) is 0 Å². The van der Waals surface area contributed by atoms with Crippen molar-refractivity contribution >= 4 is 50.8 Å². The fourth-order valence-corrected chi connectivity index (χ4v) is 3.87. The number of carbonyl (C=O) groups is 3. The summed E-state index contributed by atoms with van der Waals surface area (Å²) < 4.78 is 16.4. The van der Waals surface area contributed by atoms with Crippen LogP contribution in [0.1, 0.15) is 23.0 Å². The second-order valence-electron chi connectivity index (χ2n) is 6.04. The predicted octanol–water partition coefficient (Wildman–Crippen LogP) is 3.92. The lowest BCUT2D eigenvalue weighted by Crippen LogP contribution is -2.37. The van der Waals surface area contributed by atoms with Gasteiger partial charge in [0.15, 0.2) is 21.9 Å². The van der Waals surface area contributed by atoms with Crippen LogP contribution < -0.4 is 14.8 Å². The maximum Gasteiger partial charge on any atom is 0.293 e. The molecule has 1 aliphatic rings. The number of benzene rings is 1. The Morgan fingerprint density at radius 3 is 2.73 bits per heavy atom. The van der Waals surface area contributed by atoms with Crippen LogP contribution in [0.3, 0.4) is 0 Å². The van der Waals surface area contributed by atoms with E-state index < -0.39 is 11.8 Å². The number of amides is 3. The molecular formula is C20H19BrN2O6S. The molecule has 3 amide bonds. The highest BCUT2D eigenvalue weighted by atomic mass is 79.9. The number of methoxy groups -OCH3 is 1. The van der Waals surface area contributed by atoms with Gasteiger partial charge in [-0.15, -0.1) is 0 Å². The number of imide groups is 1. The minimum atomic E-state index is -0.426. The van der Waals surface area contributed by atoms with E-state index in [-0.39, 0.29) is 24.1 Å². The van der Waals surface area contributed by atoms with Gasteiger partial charge in [-0.25, -0.2) is 0 Å². The van der Waals surface area contributed by atoms with E-state index in [4.69, 9.17) is 13.9 Å². The van der Waals surface area contributed by atoms with Gasteiger partial charge in [-0.3, -0.25) is 19.3 Å². The number of hydrogen-bond acceptors (Lipinski definition) is 7. The Morgan fingerprint density at radius 1 is 1.27 bits per heavy atom. The quantitative estimate of drug-likeness (QED) is 0.555. The van der Waals surface area contributed by atoms with Crippen molar-refractivity contribution in [3.05, 3.63) is 51.2 Å². The highest BCUT2D eigenvalue weighted by Gasteiger charge is 2.34. The highest BCUT2D eigenvalue weighted by molar-refractivity contribution is 9.10. The van der Waals surface area contributed by atoms with Gasteiger partial charge in [-0.1, -0.05) is 6.07 Å². The number of ether oxygens (including phenoxy) is 2. The monoisotopic (exact) mass is 494 g/mol. The zero-order valence-electron chi connectivity index (χ0n) is 16.3. The molecule has 0 bridgehead atoms. The molecule has 0 saturated carbocycles. The Balaban J connectivity index is 1.63. The van der Waals surface area contributed by atoms with Crippen molar-refractivity contribution in [3.8, 4) is 11.5 Å². The van der Waals surface area contributed by atoms with Gasteiger partial charge in [0.05, 0.1) is 18.6 Å². The Morgan fingerprint density at radius 2 is 2.07 bits per heavy atom. The third-order valence-electron chi connectivity index (χ3n) is 4.08. The van der Waals surface area contributed by atoms with Crippen molar-refractivity contribution in [1.82, 2.24) is 10.2 Å². The topological polar surface area (TPSA) is 98.1 Å². The van der Waals surface area contributed by atoms with Crippen LogP contribution in [-0.2, 0) is 4.79 Å². The molecule has 2 aromatic rings. The number of carbonyl (C=O) groups excluding carboxylic acids is 3. The minimum Gasteiger partial charge on any atom is -0.493 e. The molecule has 1 aromatic carbocycles. The summed E-state index contributed by atoms with van der Waals surface area (Å²) in [5.74, 6) is 0.444. The van der Waals surface area contributed by atoms with Gasteiger partial charge in [0, 0.05) is 13.1 Å². The number of furan rings is 1. The van der Waals surface area contributed by atoms with E-state index in [0.29, 0.717) is 33.2 Å². The number of nitrogens with zero attached hydrogens (tertiary/aromatic N) is 1. The number of rotatable bonds is 8. The summed E-state index contributed by atoms with van der Waals surface area (Å²) in [5, 5.41) is 2.23. The average molecular weight is 495 g/mol. The first-order valence-corrected chi connectivity index (χ1v) is 10.6. The summed E-state index contributed by atoms with van der Waals surface area (Å²) in [7, 11) is 1.53. The van der Waals surface area contributed by atoms with Crippen LogP contribution in [0.5, 0.6) is 11.5 Å². The van der Waals surface area contributed by atoms with Crippen LogP contribution in [0.15, 0.2) is 44.3 Å². The molecule has 2 heterocycles.